The summed E-state index contributed by atoms with van der Waals surface area (Å²) in [4.78, 5) is 11.6. The van der Waals surface area contributed by atoms with Crippen molar-refractivity contribution in [3.63, 3.8) is 0 Å². The summed E-state index contributed by atoms with van der Waals surface area (Å²) in [5.74, 6) is -3.17. The van der Waals surface area contributed by atoms with Crippen molar-refractivity contribution in [1.29, 1.82) is 0 Å². The summed E-state index contributed by atoms with van der Waals surface area (Å²) in [7, 11) is -3.96. The van der Waals surface area contributed by atoms with E-state index in [2.05, 4.69) is 0 Å². The number of amides is 1. The maximum Gasteiger partial charge on any atom is 0.264 e. The second kappa shape index (κ2) is 5.68. The van der Waals surface area contributed by atoms with Gasteiger partial charge < -0.3 is 0 Å². The summed E-state index contributed by atoms with van der Waals surface area (Å²) in [6, 6.07) is 4.71. The quantitative estimate of drug-likeness (QED) is 0.939. The SMILES string of the molecule is O=C(Cc1cccc(F)c1F)NS(=O)(=O)c1ccsc1. The molecule has 0 aliphatic rings. The zero-order valence-electron chi connectivity index (χ0n) is 9.97. The minimum atomic E-state index is -3.96. The molecular weight excluding hydrogens is 308 g/mol. The van der Waals surface area contributed by atoms with Crippen LogP contribution in [0.4, 0.5) is 8.78 Å². The van der Waals surface area contributed by atoms with Gasteiger partial charge in [-0.25, -0.2) is 21.9 Å². The van der Waals surface area contributed by atoms with Crippen molar-refractivity contribution >= 4 is 27.3 Å². The van der Waals surface area contributed by atoms with Crippen LogP contribution in [0.5, 0.6) is 0 Å². The van der Waals surface area contributed by atoms with Crippen molar-refractivity contribution in [1.82, 2.24) is 4.72 Å². The third kappa shape index (κ3) is 3.20. The highest BCUT2D eigenvalue weighted by atomic mass is 32.2. The van der Waals surface area contributed by atoms with Crippen LogP contribution in [0.15, 0.2) is 39.9 Å². The number of rotatable bonds is 4. The van der Waals surface area contributed by atoms with E-state index in [0.29, 0.717) is 0 Å². The molecule has 4 nitrogen and oxygen atoms in total. The Balaban J connectivity index is 2.12. The maximum absolute atomic E-state index is 13.4. The van der Waals surface area contributed by atoms with Gasteiger partial charge in [-0.05, 0) is 17.5 Å². The number of halogens is 2. The molecular formula is C12H9F2NO3S2. The Labute approximate surface area is 118 Å². The van der Waals surface area contributed by atoms with Crippen LogP contribution in [0.25, 0.3) is 0 Å². The molecule has 8 heteroatoms. The van der Waals surface area contributed by atoms with Gasteiger partial charge in [0.05, 0.1) is 11.3 Å². The molecule has 1 heterocycles. The van der Waals surface area contributed by atoms with Crippen molar-refractivity contribution in [2.75, 3.05) is 0 Å². The first-order chi connectivity index (χ1) is 9.40. The Bertz CT molecular complexity index is 727. The van der Waals surface area contributed by atoms with E-state index >= 15 is 0 Å². The highest BCUT2D eigenvalue weighted by Crippen LogP contribution is 2.14. The highest BCUT2D eigenvalue weighted by Gasteiger charge is 2.19. The lowest BCUT2D eigenvalue weighted by atomic mass is 10.1. The van der Waals surface area contributed by atoms with Crippen molar-refractivity contribution in [3.8, 4) is 0 Å². The molecule has 1 aromatic heterocycles. The molecule has 20 heavy (non-hydrogen) atoms. The average Bonchev–Trinajstić information content (AvgIpc) is 2.89. The number of carbonyl (C=O) groups is 1. The first-order valence-electron chi connectivity index (χ1n) is 5.41. The van der Waals surface area contributed by atoms with Crippen molar-refractivity contribution in [3.05, 3.63) is 52.2 Å². The molecule has 0 unspecified atom stereocenters. The Morgan fingerprint density at radius 2 is 2.00 bits per heavy atom. The maximum atomic E-state index is 13.4. The normalized spacial score (nSPS) is 11.3. The number of benzene rings is 1. The number of nitrogens with one attached hydrogen (secondary N) is 1. The van der Waals surface area contributed by atoms with Gasteiger partial charge in [-0.15, -0.1) is 0 Å². The largest absolute Gasteiger partial charge is 0.274 e. The molecule has 1 amide bonds. The molecule has 0 aliphatic carbocycles. The van der Waals surface area contributed by atoms with Gasteiger partial charge in [0.2, 0.25) is 5.91 Å². The third-order valence-electron chi connectivity index (χ3n) is 2.44. The van der Waals surface area contributed by atoms with Gasteiger partial charge in [0.15, 0.2) is 11.6 Å². The van der Waals surface area contributed by atoms with Crippen LogP contribution < -0.4 is 4.72 Å². The van der Waals surface area contributed by atoms with Gasteiger partial charge in [-0.1, -0.05) is 12.1 Å². The van der Waals surface area contributed by atoms with Crippen LogP contribution in [0.2, 0.25) is 0 Å². The summed E-state index contributed by atoms with van der Waals surface area (Å²) >= 11 is 1.16. The predicted molar refractivity (Wildman–Crippen MR) is 69.7 cm³/mol. The Hall–Kier alpha value is -1.80. The van der Waals surface area contributed by atoms with Gasteiger partial charge in [0.25, 0.3) is 10.0 Å². The number of sulfonamides is 1. The zero-order chi connectivity index (χ0) is 14.8. The zero-order valence-corrected chi connectivity index (χ0v) is 11.6. The Morgan fingerprint density at radius 1 is 1.25 bits per heavy atom. The molecule has 0 radical (unpaired) electrons. The minimum absolute atomic E-state index is 0.0458. The molecule has 0 saturated heterocycles. The molecule has 0 bridgehead atoms. The molecule has 0 atom stereocenters. The van der Waals surface area contributed by atoms with Gasteiger partial charge >= 0.3 is 0 Å². The van der Waals surface area contributed by atoms with Crippen molar-refractivity contribution in [2.24, 2.45) is 0 Å². The summed E-state index contributed by atoms with van der Waals surface area (Å²) in [5.41, 5.74) is -0.206. The first-order valence-corrected chi connectivity index (χ1v) is 7.83. The lowest BCUT2D eigenvalue weighted by Crippen LogP contribution is -2.31. The molecule has 106 valence electrons. The molecule has 2 aromatic rings. The predicted octanol–water partition coefficient (Wildman–Crippen LogP) is 2.07. The fourth-order valence-corrected chi connectivity index (χ4v) is 3.52. The minimum Gasteiger partial charge on any atom is -0.274 e. The summed E-state index contributed by atoms with van der Waals surface area (Å²) in [6.07, 6.45) is -0.563. The summed E-state index contributed by atoms with van der Waals surface area (Å²) in [6.45, 7) is 0. The van der Waals surface area contributed by atoms with E-state index in [9.17, 15) is 22.0 Å². The fourth-order valence-electron chi connectivity index (χ4n) is 1.51. The molecule has 1 aromatic carbocycles. The van der Waals surface area contributed by atoms with Gasteiger partial charge in [0, 0.05) is 10.9 Å². The standard InChI is InChI=1S/C12H9F2NO3S2/c13-10-3-1-2-8(12(10)14)6-11(16)15-20(17,18)9-4-5-19-7-9/h1-5,7H,6H2,(H,15,16). The number of carbonyl (C=O) groups excluding carboxylic acids is 1. The number of thiophene rings is 1. The smallest absolute Gasteiger partial charge is 0.264 e. The van der Waals surface area contributed by atoms with E-state index in [1.54, 1.807) is 10.1 Å². The van der Waals surface area contributed by atoms with E-state index < -0.39 is 34.0 Å². The van der Waals surface area contributed by atoms with Crippen molar-refractivity contribution in [2.45, 2.75) is 11.3 Å². The third-order valence-corrected chi connectivity index (χ3v) is 4.64. The molecule has 0 spiro atoms. The molecule has 0 aliphatic heterocycles. The van der Waals surface area contributed by atoms with E-state index in [4.69, 9.17) is 0 Å². The summed E-state index contributed by atoms with van der Waals surface area (Å²) in [5, 5.41) is 2.91. The van der Waals surface area contributed by atoms with Gasteiger partial charge in [-0.2, -0.15) is 11.3 Å². The second-order valence-corrected chi connectivity index (χ2v) is 6.34. The molecule has 0 fully saturated rings. The monoisotopic (exact) mass is 317 g/mol. The highest BCUT2D eigenvalue weighted by molar-refractivity contribution is 7.90. The van der Waals surface area contributed by atoms with Crippen LogP contribution in [0.1, 0.15) is 5.56 Å². The molecule has 1 N–H and O–H groups in total. The lowest BCUT2D eigenvalue weighted by Gasteiger charge is -2.06. The summed E-state index contributed by atoms with van der Waals surface area (Å²) < 4.78 is 51.6. The number of hydrogen-bond acceptors (Lipinski definition) is 4. The Kier molecular flexibility index (Phi) is 4.15. The number of hydrogen-bond donors (Lipinski definition) is 1. The molecule has 0 saturated carbocycles. The van der Waals surface area contributed by atoms with Crippen LogP contribution in [0.3, 0.4) is 0 Å². The van der Waals surface area contributed by atoms with Crippen molar-refractivity contribution < 1.29 is 22.0 Å². The Morgan fingerprint density at radius 3 is 2.65 bits per heavy atom. The van der Waals surface area contributed by atoms with E-state index in [1.165, 1.54) is 23.6 Å². The average molecular weight is 317 g/mol. The van der Waals surface area contributed by atoms with E-state index in [1.807, 2.05) is 0 Å². The van der Waals surface area contributed by atoms with Crippen LogP contribution in [-0.4, -0.2) is 14.3 Å². The van der Waals surface area contributed by atoms with Gasteiger partial charge in [-0.3, -0.25) is 4.79 Å². The lowest BCUT2D eigenvalue weighted by molar-refractivity contribution is -0.118. The van der Waals surface area contributed by atoms with Crippen LogP contribution >= 0.6 is 11.3 Å². The van der Waals surface area contributed by atoms with Crippen LogP contribution in [-0.2, 0) is 21.2 Å². The van der Waals surface area contributed by atoms with E-state index in [0.717, 1.165) is 17.4 Å². The van der Waals surface area contributed by atoms with Gasteiger partial charge in [0.1, 0.15) is 0 Å². The molecule has 2 rings (SSSR count). The van der Waals surface area contributed by atoms with Crippen LogP contribution in [0, 0.1) is 11.6 Å². The topological polar surface area (TPSA) is 63.2 Å². The fraction of sp³-hybridized carbons (Fsp3) is 0.0833. The second-order valence-electron chi connectivity index (χ2n) is 3.88. The van der Waals surface area contributed by atoms with E-state index in [-0.39, 0.29) is 10.5 Å². The first kappa shape index (κ1) is 14.6.